The first-order valence-corrected chi connectivity index (χ1v) is 7.43. The van der Waals surface area contributed by atoms with E-state index in [-0.39, 0.29) is 5.43 Å². The van der Waals surface area contributed by atoms with E-state index in [4.69, 9.17) is 4.42 Å². The maximum atomic E-state index is 11.9. The average Bonchev–Trinajstić information content (AvgIpc) is 2.46. The van der Waals surface area contributed by atoms with Crippen LogP contribution < -0.4 is 5.43 Å². The lowest BCUT2D eigenvalue weighted by atomic mass is 10.0. The van der Waals surface area contributed by atoms with Crippen LogP contribution in [0.15, 0.2) is 69.9 Å². The number of hydrogen-bond donors (Lipinski definition) is 0. The number of hydrogen-bond acceptors (Lipinski definition) is 2. The maximum Gasteiger partial charge on any atom is 0.193 e. The van der Waals surface area contributed by atoms with Gasteiger partial charge in [0.15, 0.2) is 5.43 Å². The highest BCUT2D eigenvalue weighted by Gasteiger charge is 2.05. The third-order valence-corrected chi connectivity index (χ3v) is 2.69. The van der Waals surface area contributed by atoms with Crippen LogP contribution in [-0.2, 0) is 0 Å². The molecule has 2 aromatic carbocycles. The van der Waals surface area contributed by atoms with Crippen molar-refractivity contribution in [1.82, 2.24) is 0 Å². The molecule has 3 rings (SSSR count). The first-order chi connectivity index (χ1) is 10.3. The Kier molecular flexibility index (Phi) is 4.81. The van der Waals surface area contributed by atoms with Crippen molar-refractivity contribution < 1.29 is 4.42 Å². The molecule has 0 N–H and O–H groups in total. The van der Waals surface area contributed by atoms with Crippen molar-refractivity contribution in [1.29, 1.82) is 0 Å². The van der Waals surface area contributed by atoms with Crippen molar-refractivity contribution >= 4 is 11.0 Å². The molecule has 0 atom stereocenters. The monoisotopic (exact) mass is 294 g/mol. The Morgan fingerprint density at radius 3 is 2.00 bits per heavy atom. The van der Waals surface area contributed by atoms with Crippen molar-refractivity contribution in [2.75, 3.05) is 0 Å². The summed E-state index contributed by atoms with van der Waals surface area (Å²) in [6.07, 6.45) is 0. The van der Waals surface area contributed by atoms with Crippen LogP contribution in [0.4, 0.5) is 0 Å². The molecule has 22 heavy (non-hydrogen) atoms. The minimum atomic E-state index is -0.00861. The summed E-state index contributed by atoms with van der Waals surface area (Å²) in [5.74, 6) is 0.606. The molecule has 1 aromatic heterocycles. The van der Waals surface area contributed by atoms with Crippen LogP contribution in [-0.4, -0.2) is 0 Å². The molecular weight excluding hydrogens is 272 g/mol. The lowest BCUT2D eigenvalue weighted by Gasteiger charge is -2.05. The molecule has 2 heteroatoms. The van der Waals surface area contributed by atoms with Gasteiger partial charge in [0.25, 0.3) is 0 Å². The van der Waals surface area contributed by atoms with Gasteiger partial charge in [0.1, 0.15) is 11.3 Å². The summed E-state index contributed by atoms with van der Waals surface area (Å²) < 4.78 is 5.73. The summed E-state index contributed by atoms with van der Waals surface area (Å²) >= 11 is 0. The molecule has 0 saturated carbocycles. The predicted molar refractivity (Wildman–Crippen MR) is 93.0 cm³/mol. The molecule has 0 fully saturated rings. The second-order valence-corrected chi connectivity index (χ2v) is 6.84. The largest absolute Gasteiger partial charge is 0.456 e. The van der Waals surface area contributed by atoms with Crippen molar-refractivity contribution in [2.24, 2.45) is 5.41 Å². The quantitative estimate of drug-likeness (QED) is 0.592. The SMILES string of the molecule is CC(C)(C)C.O=c1cc(-c2ccccc2)oc2ccccc12. The van der Waals surface area contributed by atoms with Crippen molar-refractivity contribution in [3.8, 4) is 11.3 Å². The van der Waals surface area contributed by atoms with Gasteiger partial charge in [-0.25, -0.2) is 0 Å². The Balaban J connectivity index is 0.000000309. The smallest absolute Gasteiger partial charge is 0.193 e. The number of benzene rings is 2. The van der Waals surface area contributed by atoms with Crippen LogP contribution in [0.2, 0.25) is 0 Å². The topological polar surface area (TPSA) is 30.2 Å². The third-order valence-electron chi connectivity index (χ3n) is 2.69. The molecule has 114 valence electrons. The molecular formula is C20H22O2. The highest BCUT2D eigenvalue weighted by molar-refractivity contribution is 5.78. The van der Waals surface area contributed by atoms with Crippen LogP contribution in [0.25, 0.3) is 22.3 Å². The third kappa shape index (κ3) is 4.59. The molecule has 0 aliphatic heterocycles. The standard InChI is InChI=1S/C15H10O2.C5H12/c16-13-10-15(11-6-2-1-3-7-11)17-14-9-5-4-8-12(13)14;1-5(2,3)4/h1-10H;1-4H3. The zero-order valence-corrected chi connectivity index (χ0v) is 13.6. The Hall–Kier alpha value is -2.35. The van der Waals surface area contributed by atoms with Gasteiger partial charge in [-0.2, -0.15) is 0 Å². The lowest BCUT2D eigenvalue weighted by molar-refractivity contribution is 0.469. The van der Waals surface area contributed by atoms with Crippen LogP contribution in [0.5, 0.6) is 0 Å². The normalized spacial score (nSPS) is 10.9. The van der Waals surface area contributed by atoms with E-state index in [0.29, 0.717) is 22.1 Å². The zero-order chi connectivity index (χ0) is 16.2. The van der Waals surface area contributed by atoms with E-state index >= 15 is 0 Å². The maximum absolute atomic E-state index is 11.9. The molecule has 2 nitrogen and oxygen atoms in total. The Morgan fingerprint density at radius 2 is 1.36 bits per heavy atom. The van der Waals surface area contributed by atoms with Gasteiger partial charge in [0.2, 0.25) is 0 Å². The minimum Gasteiger partial charge on any atom is -0.456 e. The van der Waals surface area contributed by atoms with E-state index < -0.39 is 0 Å². The predicted octanol–water partition coefficient (Wildman–Crippen LogP) is 5.51. The van der Waals surface area contributed by atoms with E-state index in [1.165, 1.54) is 6.07 Å². The van der Waals surface area contributed by atoms with E-state index in [2.05, 4.69) is 27.7 Å². The summed E-state index contributed by atoms with van der Waals surface area (Å²) in [7, 11) is 0. The fourth-order valence-corrected chi connectivity index (χ4v) is 1.85. The van der Waals surface area contributed by atoms with Gasteiger partial charge in [-0.05, 0) is 17.5 Å². The molecule has 0 spiro atoms. The molecule has 0 bridgehead atoms. The van der Waals surface area contributed by atoms with Crippen molar-refractivity contribution in [3.05, 3.63) is 70.9 Å². The van der Waals surface area contributed by atoms with Gasteiger partial charge in [-0.1, -0.05) is 70.2 Å². The summed E-state index contributed by atoms with van der Waals surface area (Å²) in [5, 5.41) is 0.618. The summed E-state index contributed by atoms with van der Waals surface area (Å²) in [5.41, 5.74) is 2.03. The van der Waals surface area contributed by atoms with Crippen LogP contribution >= 0.6 is 0 Å². The van der Waals surface area contributed by atoms with E-state index in [1.807, 2.05) is 48.5 Å². The van der Waals surface area contributed by atoms with Crippen LogP contribution in [0, 0.1) is 5.41 Å². The van der Waals surface area contributed by atoms with Gasteiger partial charge in [0, 0.05) is 11.6 Å². The Morgan fingerprint density at radius 1 is 0.818 bits per heavy atom. The van der Waals surface area contributed by atoms with Gasteiger partial charge < -0.3 is 4.42 Å². The van der Waals surface area contributed by atoms with E-state index in [9.17, 15) is 4.79 Å². The molecule has 0 amide bonds. The van der Waals surface area contributed by atoms with E-state index in [1.54, 1.807) is 6.07 Å². The van der Waals surface area contributed by atoms with E-state index in [0.717, 1.165) is 5.56 Å². The van der Waals surface area contributed by atoms with Gasteiger partial charge in [-0.3, -0.25) is 4.79 Å². The van der Waals surface area contributed by atoms with Gasteiger partial charge in [-0.15, -0.1) is 0 Å². The fourth-order valence-electron chi connectivity index (χ4n) is 1.85. The fraction of sp³-hybridized carbons (Fsp3) is 0.250. The average molecular weight is 294 g/mol. The molecule has 0 radical (unpaired) electrons. The van der Waals surface area contributed by atoms with Crippen LogP contribution in [0.1, 0.15) is 27.7 Å². The molecule has 3 aromatic rings. The molecule has 0 aliphatic carbocycles. The summed E-state index contributed by atoms with van der Waals surface area (Å²) in [6.45, 7) is 8.75. The second-order valence-electron chi connectivity index (χ2n) is 6.84. The molecule has 0 aliphatic rings. The first kappa shape index (κ1) is 16.0. The molecule has 1 heterocycles. The summed E-state index contributed by atoms with van der Waals surface area (Å²) in [4.78, 5) is 11.9. The highest BCUT2D eigenvalue weighted by Crippen LogP contribution is 2.21. The molecule has 0 unspecified atom stereocenters. The number of fused-ring (bicyclic) bond motifs is 1. The van der Waals surface area contributed by atoms with Crippen LogP contribution in [0.3, 0.4) is 0 Å². The highest BCUT2D eigenvalue weighted by atomic mass is 16.3. The summed E-state index contributed by atoms with van der Waals surface area (Å²) in [6, 6.07) is 18.4. The van der Waals surface area contributed by atoms with Crippen molar-refractivity contribution in [2.45, 2.75) is 27.7 Å². The zero-order valence-electron chi connectivity index (χ0n) is 13.6. The Labute approximate surface area is 131 Å². The van der Waals surface area contributed by atoms with Gasteiger partial charge in [0.05, 0.1) is 5.39 Å². The van der Waals surface area contributed by atoms with Gasteiger partial charge >= 0.3 is 0 Å². The molecule has 0 saturated heterocycles. The lowest BCUT2D eigenvalue weighted by Crippen LogP contribution is -1.99. The van der Waals surface area contributed by atoms with Crippen molar-refractivity contribution in [3.63, 3.8) is 0 Å². The second kappa shape index (κ2) is 6.61. The number of rotatable bonds is 1. The number of para-hydroxylation sites is 1. The Bertz CT molecular complexity index is 787. The first-order valence-electron chi connectivity index (χ1n) is 7.43. The minimum absolute atomic E-state index is 0.00861.